The summed E-state index contributed by atoms with van der Waals surface area (Å²) in [4.78, 5) is 17.1. The molecular weight excluding hydrogens is 526 g/mol. The van der Waals surface area contributed by atoms with Crippen molar-refractivity contribution in [1.82, 2.24) is 9.55 Å². The fourth-order valence-corrected chi connectivity index (χ4v) is 4.82. The molecule has 1 heterocycles. The van der Waals surface area contributed by atoms with Crippen LogP contribution in [0.4, 0.5) is 23.2 Å². The summed E-state index contributed by atoms with van der Waals surface area (Å²) in [6.07, 6.45) is -2.43. The lowest BCUT2D eigenvalue weighted by Gasteiger charge is -2.17. The lowest BCUT2D eigenvalue weighted by Crippen LogP contribution is -2.15. The quantitative estimate of drug-likeness (QED) is 0.164. The van der Waals surface area contributed by atoms with Crippen molar-refractivity contribution in [2.45, 2.75) is 44.9 Å². The number of ketones is 1. The molecule has 3 aromatic carbocycles. The molecule has 5 rings (SSSR count). The van der Waals surface area contributed by atoms with Crippen LogP contribution in [-0.2, 0) is 0 Å². The summed E-state index contributed by atoms with van der Waals surface area (Å²) < 4.78 is 59.7. The van der Waals surface area contributed by atoms with Crippen LogP contribution >= 0.6 is 0 Å². The Kier molecular flexibility index (Phi) is 7.55. The van der Waals surface area contributed by atoms with Crippen LogP contribution in [0.1, 0.15) is 58.8 Å². The Morgan fingerprint density at radius 2 is 1.93 bits per heavy atom. The molecule has 40 heavy (non-hydrogen) atoms. The van der Waals surface area contributed by atoms with E-state index in [9.17, 15) is 27.5 Å². The number of nitrogens with zero attached hydrogens (tertiary/aromatic N) is 2. The minimum Gasteiger partial charge on any atom is -0.494 e. The number of rotatable bonds is 10. The van der Waals surface area contributed by atoms with Crippen LogP contribution in [0.15, 0.2) is 54.9 Å². The molecule has 0 bridgehead atoms. The van der Waals surface area contributed by atoms with E-state index >= 15 is 0 Å². The molecule has 0 spiro atoms. The van der Waals surface area contributed by atoms with Gasteiger partial charge in [-0.15, -0.1) is 0 Å². The number of carbonyl (C=O) groups excluding carboxylic acids is 1. The molecule has 0 aliphatic heterocycles. The van der Waals surface area contributed by atoms with Crippen molar-refractivity contribution in [1.29, 1.82) is 0 Å². The number of alkyl halides is 3. The largest absolute Gasteiger partial charge is 0.494 e. The van der Waals surface area contributed by atoms with Gasteiger partial charge in [0.15, 0.2) is 17.3 Å². The number of aliphatic hydroxyl groups is 1. The van der Waals surface area contributed by atoms with Gasteiger partial charge in [0.05, 0.1) is 24.7 Å². The zero-order valence-corrected chi connectivity index (χ0v) is 22.1. The van der Waals surface area contributed by atoms with Gasteiger partial charge in [-0.3, -0.25) is 9.36 Å². The highest BCUT2D eigenvalue weighted by molar-refractivity contribution is 5.98. The lowest BCUT2D eigenvalue weighted by molar-refractivity contribution is -0.131. The Morgan fingerprint density at radius 3 is 2.58 bits per heavy atom. The molecule has 1 saturated carbocycles. The maximum Gasteiger partial charge on any atom is 0.390 e. The minimum absolute atomic E-state index is 0.0217. The second-order valence-corrected chi connectivity index (χ2v) is 10.2. The molecule has 1 aliphatic rings. The topological polar surface area (TPSA) is 76.4 Å². The van der Waals surface area contributed by atoms with Crippen molar-refractivity contribution in [3.63, 3.8) is 0 Å². The van der Waals surface area contributed by atoms with Crippen LogP contribution in [0.25, 0.3) is 16.7 Å². The number of ether oxygens (including phenoxy) is 1. The van der Waals surface area contributed by atoms with E-state index in [4.69, 9.17) is 4.74 Å². The number of aryl methyl sites for hydroxylation is 1. The standard InChI is InChI=1S/C30H29F4N3O3/c1-17-11-21(6-7-22(17)26(38)12-18-3-4-18)37-16-36-28-24(35-10-9-30(32,33)34)14-20(15-25(28)37)29(39)19-5-8-27(40-2)23(31)13-19/h5-8,11,13-16,18,29,35,39H,3-4,9-10,12H2,1-2H3. The van der Waals surface area contributed by atoms with E-state index in [-0.39, 0.29) is 23.6 Å². The number of halogens is 4. The van der Waals surface area contributed by atoms with Crippen molar-refractivity contribution in [3.8, 4) is 11.4 Å². The van der Waals surface area contributed by atoms with E-state index in [1.54, 1.807) is 29.1 Å². The first-order chi connectivity index (χ1) is 19.0. The highest BCUT2D eigenvalue weighted by atomic mass is 19.4. The van der Waals surface area contributed by atoms with Gasteiger partial charge in [0, 0.05) is 24.2 Å². The zero-order valence-electron chi connectivity index (χ0n) is 22.1. The maximum atomic E-state index is 14.4. The highest BCUT2D eigenvalue weighted by Crippen LogP contribution is 2.35. The van der Waals surface area contributed by atoms with Crippen molar-refractivity contribution < 1.29 is 32.2 Å². The Balaban J connectivity index is 1.54. The Bertz CT molecular complexity index is 1560. The Morgan fingerprint density at radius 1 is 1.15 bits per heavy atom. The molecule has 1 fully saturated rings. The van der Waals surface area contributed by atoms with E-state index in [2.05, 4.69) is 10.3 Å². The number of anilines is 1. The number of aliphatic hydroxyl groups excluding tert-OH is 1. The molecular formula is C30H29F4N3O3. The molecule has 1 atom stereocenters. The van der Waals surface area contributed by atoms with Crippen molar-refractivity contribution in [2.75, 3.05) is 19.0 Å². The van der Waals surface area contributed by atoms with Crippen molar-refractivity contribution in [2.24, 2.45) is 5.92 Å². The molecule has 210 valence electrons. The number of fused-ring (bicyclic) bond motifs is 1. The predicted octanol–water partition coefficient (Wildman–Crippen LogP) is 6.91. The van der Waals surface area contributed by atoms with E-state index in [1.807, 2.05) is 13.0 Å². The van der Waals surface area contributed by atoms with Crippen LogP contribution in [-0.4, -0.2) is 40.3 Å². The Hall–Kier alpha value is -3.92. The van der Waals surface area contributed by atoms with E-state index in [1.165, 1.54) is 25.3 Å². The molecule has 10 heteroatoms. The molecule has 1 aromatic heterocycles. The van der Waals surface area contributed by atoms with Crippen molar-refractivity contribution in [3.05, 3.63) is 82.9 Å². The predicted molar refractivity (Wildman–Crippen MR) is 144 cm³/mol. The van der Waals surface area contributed by atoms with Gasteiger partial charge < -0.3 is 15.2 Å². The zero-order chi connectivity index (χ0) is 28.6. The van der Waals surface area contributed by atoms with Crippen LogP contribution in [0.2, 0.25) is 0 Å². The Labute approximate surface area is 228 Å². The average molecular weight is 556 g/mol. The third-order valence-electron chi connectivity index (χ3n) is 7.16. The third-order valence-corrected chi connectivity index (χ3v) is 7.16. The monoisotopic (exact) mass is 555 g/mol. The first-order valence-electron chi connectivity index (χ1n) is 13.0. The summed E-state index contributed by atoms with van der Waals surface area (Å²) in [6, 6.07) is 12.7. The van der Waals surface area contributed by atoms with Gasteiger partial charge in [0.1, 0.15) is 17.9 Å². The number of methoxy groups -OCH3 is 1. The summed E-state index contributed by atoms with van der Waals surface area (Å²) >= 11 is 0. The average Bonchev–Trinajstić information content (AvgIpc) is 3.61. The summed E-state index contributed by atoms with van der Waals surface area (Å²) in [5.41, 5.74) is 3.98. The number of hydrogen-bond acceptors (Lipinski definition) is 5. The van der Waals surface area contributed by atoms with Gasteiger partial charge in [-0.05, 0) is 84.8 Å². The van der Waals surface area contributed by atoms with Gasteiger partial charge in [-0.1, -0.05) is 6.07 Å². The summed E-state index contributed by atoms with van der Waals surface area (Å²) in [5, 5.41) is 14.0. The van der Waals surface area contributed by atoms with E-state index in [0.29, 0.717) is 45.9 Å². The van der Waals surface area contributed by atoms with Crippen molar-refractivity contribution >= 4 is 22.5 Å². The molecule has 4 aromatic rings. The van der Waals surface area contributed by atoms with Gasteiger partial charge >= 0.3 is 6.18 Å². The maximum absolute atomic E-state index is 14.4. The second-order valence-electron chi connectivity index (χ2n) is 10.2. The number of imidazole rings is 1. The van der Waals surface area contributed by atoms with E-state index < -0.39 is 24.5 Å². The summed E-state index contributed by atoms with van der Waals surface area (Å²) in [5.74, 6) is -0.0549. The first kappa shape index (κ1) is 27.6. The lowest BCUT2D eigenvalue weighted by atomic mass is 9.99. The molecule has 0 radical (unpaired) electrons. The summed E-state index contributed by atoms with van der Waals surface area (Å²) in [7, 11) is 1.33. The van der Waals surface area contributed by atoms with Gasteiger partial charge in [0.2, 0.25) is 0 Å². The van der Waals surface area contributed by atoms with Crippen LogP contribution in [0.3, 0.4) is 0 Å². The number of nitrogens with one attached hydrogen (secondary N) is 1. The molecule has 1 aliphatic carbocycles. The third kappa shape index (κ3) is 5.96. The minimum atomic E-state index is -4.35. The second kappa shape index (κ2) is 10.9. The van der Waals surface area contributed by atoms with E-state index in [0.717, 1.165) is 24.5 Å². The molecule has 0 saturated heterocycles. The fourth-order valence-electron chi connectivity index (χ4n) is 4.82. The van der Waals surface area contributed by atoms with Gasteiger partial charge in [0.25, 0.3) is 0 Å². The molecule has 0 amide bonds. The van der Waals surface area contributed by atoms with Gasteiger partial charge in [-0.2, -0.15) is 13.2 Å². The number of carbonyl (C=O) groups is 1. The SMILES string of the molecule is COc1ccc(C(O)c2cc(NCCC(F)(F)F)c3ncn(-c4ccc(C(=O)CC5CC5)c(C)c4)c3c2)cc1F. The molecule has 6 nitrogen and oxygen atoms in total. The number of benzene rings is 3. The number of hydrogen-bond donors (Lipinski definition) is 2. The first-order valence-corrected chi connectivity index (χ1v) is 13.0. The van der Waals surface area contributed by atoms with Gasteiger partial charge in [-0.25, -0.2) is 9.37 Å². The normalized spacial score (nSPS) is 14.4. The van der Waals surface area contributed by atoms with Crippen LogP contribution in [0.5, 0.6) is 5.75 Å². The number of Topliss-reactive ketones (excluding diaryl/α,β-unsaturated/α-hetero) is 1. The fraction of sp³-hybridized carbons (Fsp3) is 0.333. The smallest absolute Gasteiger partial charge is 0.390 e. The summed E-state index contributed by atoms with van der Waals surface area (Å²) in [6.45, 7) is 1.47. The molecule has 2 N–H and O–H groups in total. The number of aromatic nitrogens is 2. The highest BCUT2D eigenvalue weighted by Gasteiger charge is 2.27. The molecule has 1 unspecified atom stereocenters. The van der Waals surface area contributed by atoms with Crippen LogP contribution in [0, 0.1) is 18.7 Å². The van der Waals surface area contributed by atoms with Crippen LogP contribution < -0.4 is 10.1 Å².